The summed E-state index contributed by atoms with van der Waals surface area (Å²) in [4.78, 5) is 2.31. The number of halogens is 6. The molecule has 1 saturated heterocycles. The van der Waals surface area contributed by atoms with Crippen LogP contribution in [0.3, 0.4) is 0 Å². The third-order valence-corrected chi connectivity index (χ3v) is 6.78. The zero-order valence-electron chi connectivity index (χ0n) is 21.1. The Morgan fingerprint density at radius 3 is 2.38 bits per heavy atom. The van der Waals surface area contributed by atoms with Crippen LogP contribution in [-0.2, 0) is 12.7 Å². The minimum atomic E-state index is -4.69. The van der Waals surface area contributed by atoms with Gasteiger partial charge in [-0.3, -0.25) is 9.58 Å². The van der Waals surface area contributed by atoms with Gasteiger partial charge in [-0.1, -0.05) is 36.4 Å². The molecule has 0 saturated carbocycles. The highest BCUT2D eigenvalue weighted by Crippen LogP contribution is 2.38. The third-order valence-electron chi connectivity index (χ3n) is 6.78. The maximum Gasteiger partial charge on any atom is 0.418 e. The van der Waals surface area contributed by atoms with Crippen LogP contribution in [0.4, 0.5) is 32.0 Å². The SMILES string of the molecule is C=C(C)CN1CC[C@@H](Nc2ccc(-c3c4cccc(C(F)(F)F)c4nn3Cc3c(F)cc(F)cc3F)cc2)C1. The van der Waals surface area contributed by atoms with Crippen LogP contribution in [-0.4, -0.2) is 40.4 Å². The van der Waals surface area contributed by atoms with E-state index in [1.807, 2.05) is 19.1 Å². The smallest absolute Gasteiger partial charge is 0.381 e. The van der Waals surface area contributed by atoms with Crippen molar-refractivity contribution in [1.82, 2.24) is 14.7 Å². The fraction of sp³-hybridized carbons (Fsp3) is 0.276. The van der Waals surface area contributed by atoms with Gasteiger partial charge in [0.2, 0.25) is 0 Å². The van der Waals surface area contributed by atoms with Gasteiger partial charge < -0.3 is 5.32 Å². The minimum Gasteiger partial charge on any atom is -0.381 e. The lowest BCUT2D eigenvalue weighted by atomic mass is 10.0. The number of nitrogens with one attached hydrogen (secondary N) is 1. The maximum absolute atomic E-state index is 14.5. The van der Waals surface area contributed by atoms with E-state index in [2.05, 4.69) is 21.9 Å². The Morgan fingerprint density at radius 2 is 1.74 bits per heavy atom. The Morgan fingerprint density at radius 1 is 1.05 bits per heavy atom. The molecule has 2 heterocycles. The Balaban J connectivity index is 1.51. The van der Waals surface area contributed by atoms with Gasteiger partial charge in [-0.25, -0.2) is 13.2 Å². The highest BCUT2D eigenvalue weighted by molar-refractivity contribution is 5.95. The Hall–Kier alpha value is -3.79. The summed E-state index contributed by atoms with van der Waals surface area (Å²) in [7, 11) is 0. The molecule has 5 rings (SSSR count). The average molecular weight is 545 g/mol. The summed E-state index contributed by atoms with van der Waals surface area (Å²) in [5.41, 5.74) is 0.908. The van der Waals surface area contributed by atoms with Gasteiger partial charge in [-0.15, -0.1) is 0 Å². The number of hydrogen-bond donors (Lipinski definition) is 1. The van der Waals surface area contributed by atoms with E-state index in [1.165, 1.54) is 12.1 Å². The molecule has 0 bridgehead atoms. The van der Waals surface area contributed by atoms with Crippen molar-refractivity contribution in [3.63, 3.8) is 0 Å². The first-order chi connectivity index (χ1) is 18.5. The van der Waals surface area contributed by atoms with Crippen molar-refractivity contribution in [1.29, 1.82) is 0 Å². The molecule has 0 unspecified atom stereocenters. The molecular weight excluding hydrogens is 518 g/mol. The van der Waals surface area contributed by atoms with Crippen molar-refractivity contribution in [2.45, 2.75) is 32.1 Å². The van der Waals surface area contributed by atoms with E-state index in [0.717, 1.165) is 48.1 Å². The molecule has 39 heavy (non-hydrogen) atoms. The van der Waals surface area contributed by atoms with Crippen LogP contribution >= 0.6 is 0 Å². The van der Waals surface area contributed by atoms with Crippen LogP contribution in [0.1, 0.15) is 24.5 Å². The van der Waals surface area contributed by atoms with Gasteiger partial charge in [0.25, 0.3) is 0 Å². The molecule has 3 aromatic carbocycles. The number of aromatic nitrogens is 2. The van der Waals surface area contributed by atoms with E-state index in [0.29, 0.717) is 17.7 Å². The molecule has 1 fully saturated rings. The number of fused-ring (bicyclic) bond motifs is 1. The van der Waals surface area contributed by atoms with Gasteiger partial charge in [0.15, 0.2) is 0 Å². The van der Waals surface area contributed by atoms with Crippen LogP contribution in [0.2, 0.25) is 0 Å². The first kappa shape index (κ1) is 26.8. The molecule has 1 aliphatic rings. The summed E-state index contributed by atoms with van der Waals surface area (Å²) >= 11 is 0. The lowest BCUT2D eigenvalue weighted by Crippen LogP contribution is -2.27. The van der Waals surface area contributed by atoms with Crippen LogP contribution in [0, 0.1) is 17.5 Å². The fourth-order valence-electron chi connectivity index (χ4n) is 5.11. The highest BCUT2D eigenvalue weighted by Gasteiger charge is 2.35. The average Bonchev–Trinajstić information content (AvgIpc) is 3.44. The summed E-state index contributed by atoms with van der Waals surface area (Å²) in [6.45, 7) is 8.07. The second-order valence-corrected chi connectivity index (χ2v) is 9.95. The summed E-state index contributed by atoms with van der Waals surface area (Å²) in [6, 6.07) is 12.1. The van der Waals surface area contributed by atoms with Crippen molar-refractivity contribution in [2.24, 2.45) is 0 Å². The molecule has 1 N–H and O–H groups in total. The predicted octanol–water partition coefficient (Wildman–Crippen LogP) is 7.25. The van der Waals surface area contributed by atoms with Gasteiger partial charge in [0.1, 0.15) is 23.0 Å². The van der Waals surface area contributed by atoms with Gasteiger partial charge in [0, 0.05) is 60.0 Å². The molecule has 0 amide bonds. The van der Waals surface area contributed by atoms with Gasteiger partial charge in [-0.2, -0.15) is 18.3 Å². The molecule has 4 nitrogen and oxygen atoms in total. The Labute approximate surface area is 221 Å². The summed E-state index contributed by atoms with van der Waals surface area (Å²) in [6.07, 6.45) is -3.73. The molecular formula is C29H26F6N4. The van der Waals surface area contributed by atoms with E-state index in [1.54, 1.807) is 12.1 Å². The zero-order chi connectivity index (χ0) is 27.9. The summed E-state index contributed by atoms with van der Waals surface area (Å²) in [5.74, 6) is -3.39. The standard InChI is InChI=1S/C29H26F6N4/c1-17(2)14-38-11-10-21(15-38)36-20-8-6-18(7-9-20)28-22-4-3-5-24(29(33,34)35)27(22)37-39(28)16-23-25(31)12-19(30)13-26(23)32/h3-9,12-13,21,36H,1,10-11,14-16H2,2H3/t21-/m1/s1. The second-order valence-electron chi connectivity index (χ2n) is 9.95. The number of hydrogen-bond acceptors (Lipinski definition) is 3. The van der Waals surface area contributed by atoms with Crippen LogP contribution in [0.25, 0.3) is 22.2 Å². The fourth-order valence-corrected chi connectivity index (χ4v) is 5.11. The maximum atomic E-state index is 14.5. The molecule has 204 valence electrons. The Bertz CT molecular complexity index is 1500. The minimum absolute atomic E-state index is 0.180. The lowest BCUT2D eigenvalue weighted by Gasteiger charge is -2.17. The first-order valence-corrected chi connectivity index (χ1v) is 12.4. The monoisotopic (exact) mass is 544 g/mol. The number of rotatable bonds is 7. The number of alkyl halides is 3. The molecule has 1 aliphatic heterocycles. The van der Waals surface area contributed by atoms with Crippen molar-refractivity contribution < 1.29 is 26.3 Å². The van der Waals surface area contributed by atoms with Crippen molar-refractivity contribution >= 4 is 16.6 Å². The lowest BCUT2D eigenvalue weighted by molar-refractivity contribution is -0.136. The van der Waals surface area contributed by atoms with E-state index < -0.39 is 41.3 Å². The van der Waals surface area contributed by atoms with Crippen LogP contribution in [0.5, 0.6) is 0 Å². The number of likely N-dealkylation sites (tertiary alicyclic amines) is 1. The van der Waals surface area contributed by atoms with Gasteiger partial charge in [0.05, 0.1) is 17.8 Å². The van der Waals surface area contributed by atoms with Crippen LogP contribution < -0.4 is 5.32 Å². The normalized spacial score (nSPS) is 16.2. The van der Waals surface area contributed by atoms with E-state index in [4.69, 9.17) is 0 Å². The quantitative estimate of drug-likeness (QED) is 0.197. The largest absolute Gasteiger partial charge is 0.418 e. The second kappa shape index (κ2) is 10.4. The van der Waals surface area contributed by atoms with Crippen molar-refractivity contribution in [2.75, 3.05) is 25.0 Å². The van der Waals surface area contributed by atoms with Gasteiger partial charge >= 0.3 is 6.18 Å². The Kier molecular flexibility index (Phi) is 7.15. The third kappa shape index (κ3) is 5.66. The molecule has 1 aromatic heterocycles. The molecule has 0 aliphatic carbocycles. The molecule has 0 radical (unpaired) electrons. The van der Waals surface area contributed by atoms with E-state index in [-0.39, 0.29) is 22.6 Å². The summed E-state index contributed by atoms with van der Waals surface area (Å²) < 4.78 is 84.9. The number of anilines is 1. The zero-order valence-corrected chi connectivity index (χ0v) is 21.1. The predicted molar refractivity (Wildman–Crippen MR) is 139 cm³/mol. The molecule has 4 aromatic rings. The van der Waals surface area contributed by atoms with Crippen molar-refractivity contribution in [3.05, 3.63) is 95.3 Å². The molecule has 0 spiro atoms. The topological polar surface area (TPSA) is 33.1 Å². The van der Waals surface area contributed by atoms with E-state index in [9.17, 15) is 26.3 Å². The summed E-state index contributed by atoms with van der Waals surface area (Å²) in [5, 5.41) is 7.79. The van der Waals surface area contributed by atoms with Gasteiger partial charge in [-0.05, 0) is 31.5 Å². The number of nitrogens with zero attached hydrogens (tertiary/aromatic N) is 3. The van der Waals surface area contributed by atoms with Crippen molar-refractivity contribution in [3.8, 4) is 11.3 Å². The van der Waals surface area contributed by atoms with E-state index >= 15 is 0 Å². The number of benzene rings is 3. The highest BCUT2D eigenvalue weighted by atomic mass is 19.4. The van der Waals surface area contributed by atoms with Crippen LogP contribution in [0.15, 0.2) is 66.7 Å². The molecule has 10 heteroatoms. The first-order valence-electron chi connectivity index (χ1n) is 12.4. The molecule has 1 atom stereocenters.